The van der Waals surface area contributed by atoms with Crippen molar-refractivity contribution in [1.82, 2.24) is 34.6 Å². The summed E-state index contributed by atoms with van der Waals surface area (Å²) in [5.74, 6) is -4.57. The lowest BCUT2D eigenvalue weighted by molar-refractivity contribution is -0.274. The Labute approximate surface area is 275 Å². The largest absolute Gasteiger partial charge is 0.573 e. The van der Waals surface area contributed by atoms with Crippen LogP contribution in [0.15, 0.2) is 90.2 Å². The molecule has 10 nitrogen and oxygen atoms in total. The second-order valence-corrected chi connectivity index (χ2v) is 12.9. The van der Waals surface area contributed by atoms with Gasteiger partial charge in [0.15, 0.2) is 15.7 Å². The third-order valence-corrected chi connectivity index (χ3v) is 8.74. The number of rotatable bonds is 9. The lowest BCUT2D eigenvalue weighted by Crippen LogP contribution is -2.16. The second kappa shape index (κ2) is 12.2. The zero-order valence-corrected chi connectivity index (χ0v) is 26.6. The molecule has 6 rings (SSSR count). The van der Waals surface area contributed by atoms with Gasteiger partial charge in [0.1, 0.15) is 17.1 Å². The number of ether oxygens (including phenoxy) is 1. The zero-order chi connectivity index (χ0) is 35.3. The first-order valence-electron chi connectivity index (χ1n) is 14.4. The van der Waals surface area contributed by atoms with Crippen LogP contribution in [0.5, 0.6) is 5.75 Å². The summed E-state index contributed by atoms with van der Waals surface area (Å²) in [6.07, 6.45) is -0.347. The maximum Gasteiger partial charge on any atom is 0.573 e. The number of sulfone groups is 1. The maximum absolute atomic E-state index is 15.7. The van der Waals surface area contributed by atoms with Crippen LogP contribution < -0.4 is 4.74 Å². The van der Waals surface area contributed by atoms with Crippen LogP contribution in [0.25, 0.3) is 45.0 Å². The van der Waals surface area contributed by atoms with Gasteiger partial charge in [-0.3, -0.25) is 4.68 Å². The lowest BCUT2D eigenvalue weighted by Gasteiger charge is -2.16. The minimum atomic E-state index is -4.90. The van der Waals surface area contributed by atoms with E-state index in [0.717, 1.165) is 29.1 Å². The molecule has 6 aromatic rings. The van der Waals surface area contributed by atoms with Crippen LogP contribution in [0.4, 0.5) is 26.3 Å². The Balaban J connectivity index is 1.55. The van der Waals surface area contributed by atoms with Gasteiger partial charge >= 0.3 is 6.36 Å². The highest BCUT2D eigenvalue weighted by Crippen LogP contribution is 2.39. The first-order chi connectivity index (χ1) is 23.1. The molecule has 0 aliphatic heterocycles. The predicted octanol–water partition coefficient (Wildman–Crippen LogP) is 7.13. The zero-order valence-electron chi connectivity index (χ0n) is 25.8. The van der Waals surface area contributed by atoms with Crippen LogP contribution in [-0.2, 0) is 22.8 Å². The van der Waals surface area contributed by atoms with Crippen LogP contribution in [0.2, 0.25) is 0 Å². The van der Waals surface area contributed by atoms with Crippen LogP contribution >= 0.6 is 0 Å². The number of nitrogens with zero attached hydrogens (tertiary/aromatic N) is 7. The van der Waals surface area contributed by atoms with Crippen LogP contribution in [0.3, 0.4) is 0 Å². The molecule has 3 heterocycles. The van der Waals surface area contributed by atoms with Gasteiger partial charge in [-0.1, -0.05) is 24.3 Å². The molecule has 0 saturated carbocycles. The number of alkyl halides is 5. The molecular formula is C32H25F6N7O3S. The molecule has 3 aromatic carbocycles. The van der Waals surface area contributed by atoms with Crippen molar-refractivity contribution in [2.75, 3.05) is 6.26 Å². The Morgan fingerprint density at radius 3 is 2.24 bits per heavy atom. The lowest BCUT2D eigenvalue weighted by atomic mass is 9.99. The fourth-order valence-electron chi connectivity index (χ4n) is 5.27. The van der Waals surface area contributed by atoms with Gasteiger partial charge < -0.3 is 4.74 Å². The third kappa shape index (κ3) is 6.65. The molecule has 3 aromatic heterocycles. The molecule has 49 heavy (non-hydrogen) atoms. The van der Waals surface area contributed by atoms with Gasteiger partial charge in [0.05, 0.1) is 28.2 Å². The minimum absolute atomic E-state index is 0.153. The van der Waals surface area contributed by atoms with E-state index in [1.54, 1.807) is 12.1 Å². The van der Waals surface area contributed by atoms with Gasteiger partial charge in [-0.05, 0) is 65.7 Å². The van der Waals surface area contributed by atoms with E-state index < -0.39 is 45.8 Å². The average molecular weight is 702 g/mol. The Bertz CT molecular complexity index is 2260. The molecule has 0 fully saturated rings. The fraction of sp³-hybridized carbons (Fsp3) is 0.188. The number of hydrogen-bond acceptors (Lipinski definition) is 7. The van der Waals surface area contributed by atoms with Crippen molar-refractivity contribution in [3.63, 3.8) is 0 Å². The Morgan fingerprint density at radius 2 is 1.61 bits per heavy atom. The fourth-order valence-corrected chi connectivity index (χ4v) is 6.15. The topological polar surface area (TPSA) is 110 Å². The van der Waals surface area contributed by atoms with E-state index in [4.69, 9.17) is 0 Å². The minimum Gasteiger partial charge on any atom is -0.406 e. The van der Waals surface area contributed by atoms with Gasteiger partial charge in [-0.15, -0.1) is 18.3 Å². The highest BCUT2D eigenvalue weighted by atomic mass is 32.2. The monoisotopic (exact) mass is 701 g/mol. The standard InChI is InChI=1S/C32H25F6N7O3S/c1-4-31(34,35)29-17-25(43(2)41-29)23-11-8-20(21-14-24(33)30(44-13-5-12-40-44)28(16-21)49(3,46)47)15-26(23)45-27(18-39-42-45)19-6-9-22(10-7-19)48-32(36,37)38/h5-18H,4H2,1-3H3. The van der Waals surface area contributed by atoms with Crippen LogP contribution in [0, 0.1) is 5.82 Å². The summed E-state index contributed by atoms with van der Waals surface area (Å²) >= 11 is 0. The van der Waals surface area contributed by atoms with E-state index in [1.165, 1.54) is 78.3 Å². The number of benzene rings is 3. The van der Waals surface area contributed by atoms with Gasteiger partial charge in [0.2, 0.25) is 0 Å². The molecule has 0 amide bonds. The highest BCUT2D eigenvalue weighted by molar-refractivity contribution is 7.90. The Morgan fingerprint density at radius 1 is 0.898 bits per heavy atom. The molecule has 0 unspecified atom stereocenters. The SMILES string of the molecule is CCC(F)(F)c1cc(-c2ccc(-c3cc(F)c(-n4cccn4)c(S(C)(=O)=O)c3)cc2-n2nncc2-c2ccc(OC(F)(F)F)cc2)n(C)n1. The molecular weight excluding hydrogens is 676 g/mol. The number of aromatic nitrogens is 7. The molecule has 0 aliphatic rings. The maximum atomic E-state index is 15.7. The summed E-state index contributed by atoms with van der Waals surface area (Å²) in [6, 6.07) is 14.7. The van der Waals surface area contributed by atoms with E-state index >= 15 is 4.39 Å². The molecule has 0 aliphatic carbocycles. The molecule has 0 radical (unpaired) electrons. The van der Waals surface area contributed by atoms with E-state index in [-0.39, 0.29) is 33.2 Å². The number of hydrogen-bond donors (Lipinski definition) is 0. The summed E-state index contributed by atoms with van der Waals surface area (Å²) in [5.41, 5.74) is 1.18. The highest BCUT2D eigenvalue weighted by Gasteiger charge is 2.34. The Hall–Kier alpha value is -5.45. The van der Waals surface area contributed by atoms with E-state index in [9.17, 15) is 30.4 Å². The van der Waals surface area contributed by atoms with Crippen LogP contribution in [-0.4, -0.2) is 55.6 Å². The summed E-state index contributed by atoms with van der Waals surface area (Å²) in [7, 11) is -2.51. The van der Waals surface area contributed by atoms with Gasteiger partial charge in [-0.25, -0.2) is 22.2 Å². The van der Waals surface area contributed by atoms with Crippen molar-refractivity contribution in [2.45, 2.75) is 30.5 Å². The van der Waals surface area contributed by atoms with E-state index in [0.29, 0.717) is 16.7 Å². The molecule has 0 saturated heterocycles. The molecule has 0 bridgehead atoms. The number of halogens is 6. The Kier molecular flexibility index (Phi) is 8.34. The van der Waals surface area contributed by atoms with Gasteiger partial charge in [-0.2, -0.15) is 19.0 Å². The molecule has 0 spiro atoms. The number of aryl methyl sites for hydroxylation is 1. The molecule has 0 atom stereocenters. The summed E-state index contributed by atoms with van der Waals surface area (Å²) in [4.78, 5) is -0.336. The summed E-state index contributed by atoms with van der Waals surface area (Å²) in [6.45, 7) is 1.32. The summed E-state index contributed by atoms with van der Waals surface area (Å²) < 4.78 is 117. The third-order valence-electron chi connectivity index (χ3n) is 7.63. The van der Waals surface area contributed by atoms with Crippen molar-refractivity contribution in [2.24, 2.45) is 7.05 Å². The predicted molar refractivity (Wildman–Crippen MR) is 165 cm³/mol. The van der Waals surface area contributed by atoms with E-state index in [1.807, 2.05) is 0 Å². The molecule has 17 heteroatoms. The van der Waals surface area contributed by atoms with Crippen molar-refractivity contribution < 1.29 is 39.5 Å². The summed E-state index contributed by atoms with van der Waals surface area (Å²) in [5, 5.41) is 16.2. The van der Waals surface area contributed by atoms with Gasteiger partial charge in [0, 0.05) is 43.2 Å². The van der Waals surface area contributed by atoms with Crippen LogP contribution in [0.1, 0.15) is 19.0 Å². The van der Waals surface area contributed by atoms with Crippen molar-refractivity contribution >= 4 is 9.84 Å². The first kappa shape index (κ1) is 33.5. The van der Waals surface area contributed by atoms with E-state index in [2.05, 4.69) is 25.2 Å². The van der Waals surface area contributed by atoms with Gasteiger partial charge in [0.25, 0.3) is 5.92 Å². The van der Waals surface area contributed by atoms with Crippen molar-refractivity contribution in [1.29, 1.82) is 0 Å². The smallest absolute Gasteiger partial charge is 0.406 e. The normalized spacial score (nSPS) is 12.4. The van der Waals surface area contributed by atoms with Crippen molar-refractivity contribution in [3.05, 3.63) is 96.8 Å². The molecule has 0 N–H and O–H groups in total. The average Bonchev–Trinajstić information content (AvgIpc) is 3.81. The molecule has 254 valence electrons. The van der Waals surface area contributed by atoms with Crippen molar-refractivity contribution in [3.8, 4) is 50.8 Å². The second-order valence-electron chi connectivity index (χ2n) is 11.0. The first-order valence-corrected chi connectivity index (χ1v) is 16.3. The quantitative estimate of drug-likeness (QED) is 0.148.